The molecular formula is C19H20FN7O4. The number of nitrogens with zero attached hydrogens (tertiary/aromatic N) is 6. The Morgan fingerprint density at radius 3 is 2.94 bits per heavy atom. The SMILES string of the molecule is COC(=O)NC[C@H]1CN(c2ccc(-n3cc(Cn4ccc(C)n4)nn3)c(F)c2)C(=O)O1. The summed E-state index contributed by atoms with van der Waals surface area (Å²) < 4.78 is 27.5. The first-order valence-electron chi connectivity index (χ1n) is 9.44. The molecule has 2 amide bonds. The lowest BCUT2D eigenvalue weighted by atomic mass is 10.2. The van der Waals surface area contributed by atoms with E-state index in [0.717, 1.165) is 5.69 Å². The van der Waals surface area contributed by atoms with Crippen LogP contribution in [0.25, 0.3) is 5.69 Å². The summed E-state index contributed by atoms with van der Waals surface area (Å²) in [5, 5.41) is 14.8. The highest BCUT2D eigenvalue weighted by molar-refractivity contribution is 5.90. The second-order valence-electron chi connectivity index (χ2n) is 6.93. The number of rotatable bonds is 6. The molecule has 1 N–H and O–H groups in total. The van der Waals surface area contributed by atoms with Gasteiger partial charge in [0.15, 0.2) is 5.82 Å². The summed E-state index contributed by atoms with van der Waals surface area (Å²) >= 11 is 0. The molecule has 1 fully saturated rings. The third-order valence-electron chi connectivity index (χ3n) is 4.66. The first-order valence-corrected chi connectivity index (χ1v) is 9.44. The largest absolute Gasteiger partial charge is 0.453 e. The summed E-state index contributed by atoms with van der Waals surface area (Å²) in [6.07, 6.45) is 1.62. The summed E-state index contributed by atoms with van der Waals surface area (Å²) in [6.45, 7) is 2.55. The molecule has 0 radical (unpaired) electrons. The molecule has 0 spiro atoms. The van der Waals surface area contributed by atoms with Crippen LogP contribution in [-0.4, -0.2) is 63.3 Å². The van der Waals surface area contributed by atoms with Gasteiger partial charge in [0.05, 0.1) is 44.3 Å². The van der Waals surface area contributed by atoms with Gasteiger partial charge in [-0.25, -0.2) is 18.7 Å². The zero-order valence-corrected chi connectivity index (χ0v) is 16.9. The number of ether oxygens (including phenoxy) is 2. The topological polar surface area (TPSA) is 116 Å². The van der Waals surface area contributed by atoms with Crippen LogP contribution in [0, 0.1) is 12.7 Å². The van der Waals surface area contributed by atoms with Crippen LogP contribution >= 0.6 is 0 Å². The van der Waals surface area contributed by atoms with Crippen molar-refractivity contribution in [3.8, 4) is 5.69 Å². The molecule has 0 saturated carbocycles. The van der Waals surface area contributed by atoms with E-state index in [-0.39, 0.29) is 18.8 Å². The molecule has 3 heterocycles. The fourth-order valence-corrected chi connectivity index (χ4v) is 3.16. The van der Waals surface area contributed by atoms with Crippen LogP contribution in [0.15, 0.2) is 36.7 Å². The number of amides is 2. The molecule has 0 bridgehead atoms. The van der Waals surface area contributed by atoms with Gasteiger partial charge in [-0.15, -0.1) is 5.10 Å². The normalized spacial score (nSPS) is 15.8. The molecule has 0 aliphatic carbocycles. The van der Waals surface area contributed by atoms with E-state index in [1.54, 1.807) is 16.9 Å². The lowest BCUT2D eigenvalue weighted by Crippen LogP contribution is -2.34. The highest BCUT2D eigenvalue weighted by Crippen LogP contribution is 2.25. The number of hydrogen-bond acceptors (Lipinski definition) is 7. The van der Waals surface area contributed by atoms with Crippen molar-refractivity contribution < 1.29 is 23.5 Å². The van der Waals surface area contributed by atoms with Gasteiger partial charge in [0.25, 0.3) is 0 Å². The lowest BCUT2D eigenvalue weighted by molar-refractivity contribution is 0.132. The number of cyclic esters (lactones) is 1. The van der Waals surface area contributed by atoms with Crippen LogP contribution in [-0.2, 0) is 16.0 Å². The monoisotopic (exact) mass is 429 g/mol. The van der Waals surface area contributed by atoms with Crippen molar-refractivity contribution in [2.75, 3.05) is 25.1 Å². The molecule has 31 heavy (non-hydrogen) atoms. The molecule has 12 heteroatoms. The zero-order chi connectivity index (χ0) is 22.0. The fourth-order valence-electron chi connectivity index (χ4n) is 3.16. The van der Waals surface area contributed by atoms with Crippen LogP contribution in [0.1, 0.15) is 11.4 Å². The molecule has 0 unspecified atom stereocenters. The number of aryl methyl sites for hydroxylation is 1. The Hall–Kier alpha value is -3.96. The summed E-state index contributed by atoms with van der Waals surface area (Å²) in [6, 6.07) is 6.20. The Labute approximate surface area is 176 Å². The molecule has 1 aliphatic rings. The number of nitrogens with one attached hydrogen (secondary N) is 1. The molecule has 1 aliphatic heterocycles. The van der Waals surface area contributed by atoms with Crippen molar-refractivity contribution in [2.24, 2.45) is 0 Å². The van der Waals surface area contributed by atoms with Crippen molar-refractivity contribution in [3.05, 3.63) is 53.9 Å². The van der Waals surface area contributed by atoms with Gasteiger partial charge >= 0.3 is 12.2 Å². The van der Waals surface area contributed by atoms with Crippen molar-refractivity contribution in [1.29, 1.82) is 0 Å². The standard InChI is InChI=1S/C19H20FN7O4/c1-12-5-6-25(23-12)9-13-10-27(24-22-13)17-4-3-14(7-16(17)20)26-11-15(31-19(26)29)8-21-18(28)30-2/h3-7,10,15H,8-9,11H2,1-2H3,(H,21,28)/t15-/m0/s1. The average molecular weight is 429 g/mol. The van der Waals surface area contributed by atoms with Crippen molar-refractivity contribution in [2.45, 2.75) is 19.6 Å². The van der Waals surface area contributed by atoms with Gasteiger partial charge in [0, 0.05) is 6.20 Å². The second kappa shape index (κ2) is 8.42. The predicted octanol–water partition coefficient (Wildman–Crippen LogP) is 1.64. The van der Waals surface area contributed by atoms with E-state index in [1.807, 2.05) is 19.2 Å². The van der Waals surface area contributed by atoms with Gasteiger partial charge in [-0.1, -0.05) is 5.21 Å². The van der Waals surface area contributed by atoms with E-state index >= 15 is 0 Å². The zero-order valence-electron chi connectivity index (χ0n) is 16.9. The molecule has 1 aromatic carbocycles. The van der Waals surface area contributed by atoms with Gasteiger partial charge in [-0.2, -0.15) is 5.10 Å². The molecule has 4 rings (SSSR count). The van der Waals surface area contributed by atoms with Crippen LogP contribution < -0.4 is 10.2 Å². The fraction of sp³-hybridized carbons (Fsp3) is 0.316. The number of carbonyl (C=O) groups is 2. The highest BCUT2D eigenvalue weighted by Gasteiger charge is 2.33. The molecule has 2 aromatic heterocycles. The van der Waals surface area contributed by atoms with Crippen LogP contribution in [0.3, 0.4) is 0 Å². The van der Waals surface area contributed by atoms with Gasteiger partial charge in [0.1, 0.15) is 17.5 Å². The summed E-state index contributed by atoms with van der Waals surface area (Å²) in [7, 11) is 1.24. The number of aromatic nitrogens is 5. The van der Waals surface area contributed by atoms with Crippen molar-refractivity contribution in [1.82, 2.24) is 30.1 Å². The molecule has 1 atom stereocenters. The number of methoxy groups -OCH3 is 1. The smallest absolute Gasteiger partial charge is 0.414 e. The van der Waals surface area contributed by atoms with Crippen molar-refractivity contribution in [3.63, 3.8) is 0 Å². The Bertz CT molecular complexity index is 1110. The van der Waals surface area contributed by atoms with Crippen LogP contribution in [0.2, 0.25) is 0 Å². The average Bonchev–Trinajstić information content (AvgIpc) is 3.47. The lowest BCUT2D eigenvalue weighted by Gasteiger charge is -2.14. The maximum absolute atomic E-state index is 14.8. The maximum atomic E-state index is 14.8. The third-order valence-corrected chi connectivity index (χ3v) is 4.66. The number of hydrogen-bond donors (Lipinski definition) is 1. The molecule has 1 saturated heterocycles. The maximum Gasteiger partial charge on any atom is 0.414 e. The predicted molar refractivity (Wildman–Crippen MR) is 105 cm³/mol. The minimum atomic E-state index is -0.625. The molecular weight excluding hydrogens is 409 g/mol. The summed E-state index contributed by atoms with van der Waals surface area (Å²) in [4.78, 5) is 24.6. The van der Waals surface area contributed by atoms with Gasteiger partial charge in [0.2, 0.25) is 0 Å². The Balaban J connectivity index is 1.45. The highest BCUT2D eigenvalue weighted by atomic mass is 19.1. The first-order chi connectivity index (χ1) is 14.9. The number of alkyl carbamates (subject to hydrolysis) is 1. The number of halogens is 1. The third kappa shape index (κ3) is 4.47. The van der Waals surface area contributed by atoms with Gasteiger partial charge in [-0.05, 0) is 31.2 Å². The number of anilines is 1. The quantitative estimate of drug-likeness (QED) is 0.633. The summed E-state index contributed by atoms with van der Waals surface area (Å²) in [5.74, 6) is -0.576. The van der Waals surface area contributed by atoms with Crippen molar-refractivity contribution >= 4 is 17.9 Å². The van der Waals surface area contributed by atoms with Crippen LogP contribution in [0.5, 0.6) is 0 Å². The Morgan fingerprint density at radius 2 is 2.23 bits per heavy atom. The Kier molecular flexibility index (Phi) is 5.52. The van der Waals surface area contributed by atoms with Gasteiger partial charge in [-0.3, -0.25) is 9.58 Å². The minimum Gasteiger partial charge on any atom is -0.453 e. The molecule has 11 nitrogen and oxygen atoms in total. The molecule has 162 valence electrons. The van der Waals surface area contributed by atoms with E-state index < -0.39 is 24.1 Å². The Morgan fingerprint density at radius 1 is 1.39 bits per heavy atom. The number of carbonyl (C=O) groups excluding carboxylic acids is 2. The van der Waals surface area contributed by atoms with E-state index in [4.69, 9.17) is 4.74 Å². The first kappa shape index (κ1) is 20.3. The van der Waals surface area contributed by atoms with Crippen LogP contribution in [0.4, 0.5) is 19.7 Å². The van der Waals surface area contributed by atoms with Gasteiger partial charge < -0.3 is 14.8 Å². The summed E-state index contributed by atoms with van der Waals surface area (Å²) in [5.41, 5.74) is 2.03. The molecule has 3 aromatic rings. The van der Waals surface area contributed by atoms with E-state index in [0.29, 0.717) is 17.9 Å². The van der Waals surface area contributed by atoms with E-state index in [1.165, 1.54) is 28.8 Å². The minimum absolute atomic E-state index is 0.0903. The van der Waals surface area contributed by atoms with E-state index in [2.05, 4.69) is 25.5 Å². The van der Waals surface area contributed by atoms with E-state index in [9.17, 15) is 14.0 Å². The second-order valence-corrected chi connectivity index (χ2v) is 6.93. The number of benzene rings is 1.